The highest BCUT2D eigenvalue weighted by Gasteiger charge is 2.16. The van der Waals surface area contributed by atoms with Crippen LogP contribution in [0.5, 0.6) is 0 Å². The second-order valence-electron chi connectivity index (χ2n) is 4.43. The zero-order valence-electron chi connectivity index (χ0n) is 11.0. The summed E-state index contributed by atoms with van der Waals surface area (Å²) >= 11 is 14.7. The summed E-state index contributed by atoms with van der Waals surface area (Å²) in [6, 6.07) is 16.1. The molecule has 0 aliphatic rings. The fourth-order valence-electron chi connectivity index (χ4n) is 1.97. The number of rotatable bonds is 3. The predicted octanol–water partition coefficient (Wildman–Crippen LogP) is 5.05. The Labute approximate surface area is 148 Å². The molecule has 0 saturated heterocycles. The van der Waals surface area contributed by atoms with E-state index in [1.54, 1.807) is 22.7 Å². The van der Waals surface area contributed by atoms with Crippen molar-refractivity contribution in [3.05, 3.63) is 48.5 Å². The molecule has 0 radical (unpaired) electrons. The van der Waals surface area contributed by atoms with Crippen molar-refractivity contribution in [2.24, 2.45) is 0 Å². The summed E-state index contributed by atoms with van der Waals surface area (Å²) in [5.74, 6) is 0. The fourth-order valence-corrected chi connectivity index (χ4v) is 10.7. The molecule has 2 heterocycles. The Kier molecular flexibility index (Phi) is 3.91. The van der Waals surface area contributed by atoms with E-state index in [9.17, 15) is 0 Å². The van der Waals surface area contributed by atoms with E-state index >= 15 is 0 Å². The maximum Gasteiger partial charge on any atom is 0.168 e. The average Bonchev–Trinajstić information content (AvgIpc) is 3.09. The van der Waals surface area contributed by atoms with Crippen molar-refractivity contribution in [3.8, 4) is 0 Å². The van der Waals surface area contributed by atoms with Crippen molar-refractivity contribution in [1.29, 1.82) is 0 Å². The number of aromatic nitrogens is 2. The van der Waals surface area contributed by atoms with Crippen molar-refractivity contribution in [3.63, 3.8) is 0 Å². The molecule has 0 N–H and O–H groups in total. The molecule has 2 aromatic carbocycles. The maximum atomic E-state index is 5.71. The molecule has 0 spiro atoms. The second-order valence-corrected chi connectivity index (χ2v) is 15.8. The Hall–Kier alpha value is -0.640. The van der Waals surface area contributed by atoms with Crippen LogP contribution in [0.4, 0.5) is 0 Å². The van der Waals surface area contributed by atoms with Gasteiger partial charge in [0.1, 0.15) is 0 Å². The van der Waals surface area contributed by atoms with E-state index < -0.39 is 6.18 Å². The Morgan fingerprint density at radius 2 is 1.41 bits per heavy atom. The van der Waals surface area contributed by atoms with Crippen LogP contribution < -0.4 is 0 Å². The van der Waals surface area contributed by atoms with Gasteiger partial charge in [-0.05, 0) is 57.4 Å². The number of fused-ring (bicyclic) bond motifs is 2. The maximum absolute atomic E-state index is 5.71. The summed E-state index contributed by atoms with van der Waals surface area (Å²) in [7, 11) is 1.51. The van der Waals surface area contributed by atoms with E-state index in [2.05, 4.69) is 22.1 Å². The number of para-hydroxylation sites is 2. The van der Waals surface area contributed by atoms with Gasteiger partial charge in [0.15, 0.2) is 8.68 Å². The third-order valence-corrected chi connectivity index (χ3v) is 12.1. The fraction of sp³-hybridized carbons (Fsp3) is 0. The van der Waals surface area contributed by atoms with E-state index in [1.165, 1.54) is 10.8 Å². The van der Waals surface area contributed by atoms with Gasteiger partial charge in [0, 0.05) is 6.18 Å². The molecule has 0 bridgehead atoms. The smallest absolute Gasteiger partial charge is 0.168 e. The predicted molar refractivity (Wildman–Crippen MR) is 105 cm³/mol. The van der Waals surface area contributed by atoms with Gasteiger partial charge in [-0.1, -0.05) is 24.3 Å². The first-order valence-electron chi connectivity index (χ1n) is 6.27. The van der Waals surface area contributed by atoms with E-state index in [1.807, 2.05) is 36.4 Å². The minimum Gasteiger partial charge on any atom is -0.229 e. The Bertz CT molecular complexity index is 1010. The highest BCUT2D eigenvalue weighted by Crippen LogP contribution is 2.39. The van der Waals surface area contributed by atoms with Gasteiger partial charge in [0.2, 0.25) is 0 Å². The van der Waals surface area contributed by atoms with Crippen LogP contribution in [0.15, 0.2) is 57.2 Å². The van der Waals surface area contributed by atoms with Crippen LogP contribution in [0.1, 0.15) is 0 Å². The number of hydrogen-bond donors (Lipinski definition) is 0. The SMILES string of the molecule is S=S(=S)(Sc1nc2ccccc2s1)c1nc2ccccc2s1. The summed E-state index contributed by atoms with van der Waals surface area (Å²) in [5.41, 5.74) is 1.97. The molecular formula is C14H8N2S6. The zero-order chi connectivity index (χ0) is 15.2. The highest BCUT2D eigenvalue weighted by molar-refractivity contribution is 8.98. The lowest BCUT2D eigenvalue weighted by atomic mass is 10.3. The van der Waals surface area contributed by atoms with Crippen molar-refractivity contribution in [2.75, 3.05) is 0 Å². The van der Waals surface area contributed by atoms with Gasteiger partial charge >= 0.3 is 0 Å². The van der Waals surface area contributed by atoms with Gasteiger partial charge in [0.05, 0.1) is 20.4 Å². The van der Waals surface area contributed by atoms with Gasteiger partial charge in [-0.3, -0.25) is 0 Å². The van der Waals surface area contributed by atoms with Crippen molar-refractivity contribution in [2.45, 2.75) is 8.68 Å². The standard InChI is InChI=1S/C14H8N2S6/c17-22(18,14-16-10-6-2-4-8-12(10)20-14)21-13-15-9-5-1-3-7-11(9)19-13/h1-8H. The van der Waals surface area contributed by atoms with Crippen LogP contribution in [0.25, 0.3) is 20.4 Å². The van der Waals surface area contributed by atoms with Gasteiger partial charge in [0.25, 0.3) is 0 Å². The van der Waals surface area contributed by atoms with E-state index in [0.717, 1.165) is 29.1 Å². The largest absolute Gasteiger partial charge is 0.229 e. The molecule has 0 aliphatic heterocycles. The lowest BCUT2D eigenvalue weighted by molar-refractivity contribution is 1.30. The second kappa shape index (κ2) is 5.77. The van der Waals surface area contributed by atoms with Gasteiger partial charge in [-0.25, -0.2) is 9.97 Å². The molecule has 0 unspecified atom stereocenters. The van der Waals surface area contributed by atoms with Crippen molar-refractivity contribution >= 4 is 82.5 Å². The van der Waals surface area contributed by atoms with E-state index in [0.29, 0.717) is 0 Å². The average molecular weight is 397 g/mol. The van der Waals surface area contributed by atoms with Crippen LogP contribution in [-0.2, 0) is 28.6 Å². The highest BCUT2D eigenvalue weighted by atomic mass is 33.5. The van der Waals surface area contributed by atoms with Crippen LogP contribution in [0.3, 0.4) is 0 Å². The minimum atomic E-state index is -1.88. The first-order valence-corrected chi connectivity index (χ1v) is 12.7. The number of nitrogens with zero attached hydrogens (tertiary/aromatic N) is 2. The topological polar surface area (TPSA) is 25.8 Å². The molecule has 4 rings (SSSR count). The minimum absolute atomic E-state index is 0.864. The normalized spacial score (nSPS) is 12.2. The van der Waals surface area contributed by atoms with Crippen molar-refractivity contribution in [1.82, 2.24) is 9.97 Å². The van der Waals surface area contributed by atoms with Gasteiger partial charge < -0.3 is 0 Å². The van der Waals surface area contributed by atoms with E-state index in [4.69, 9.17) is 22.4 Å². The summed E-state index contributed by atoms with van der Waals surface area (Å²) in [6.45, 7) is 0. The molecule has 110 valence electrons. The Morgan fingerprint density at radius 1 is 0.818 bits per heavy atom. The quantitative estimate of drug-likeness (QED) is 0.451. The van der Waals surface area contributed by atoms with Gasteiger partial charge in [-0.2, -0.15) is 0 Å². The Balaban J connectivity index is 1.73. The molecule has 0 atom stereocenters. The van der Waals surface area contributed by atoms with E-state index in [-0.39, 0.29) is 0 Å². The molecule has 2 nitrogen and oxygen atoms in total. The van der Waals surface area contributed by atoms with Gasteiger partial charge in [-0.15, -0.1) is 22.7 Å². The molecule has 0 fully saturated rings. The summed E-state index contributed by atoms with van der Waals surface area (Å²) in [5, 5.41) is 0. The number of benzene rings is 2. The van der Waals surface area contributed by atoms with Crippen molar-refractivity contribution < 1.29 is 0 Å². The summed E-state index contributed by atoms with van der Waals surface area (Å²) in [6.07, 6.45) is -1.88. The summed E-state index contributed by atoms with van der Waals surface area (Å²) < 4.78 is 4.09. The summed E-state index contributed by atoms with van der Waals surface area (Å²) in [4.78, 5) is 9.26. The molecule has 2 aromatic heterocycles. The molecule has 0 saturated carbocycles. The van der Waals surface area contributed by atoms with Crippen LogP contribution >= 0.6 is 33.5 Å². The molecule has 0 amide bonds. The number of hydrogen-bond acceptors (Lipinski definition) is 7. The molecular weight excluding hydrogens is 389 g/mol. The molecule has 8 heteroatoms. The van der Waals surface area contributed by atoms with Crippen LogP contribution in [0, 0.1) is 0 Å². The third kappa shape index (κ3) is 2.79. The first kappa shape index (κ1) is 14.9. The lowest BCUT2D eigenvalue weighted by Crippen LogP contribution is -1.89. The van der Waals surface area contributed by atoms with Crippen LogP contribution in [0.2, 0.25) is 0 Å². The van der Waals surface area contributed by atoms with Crippen LogP contribution in [-0.4, -0.2) is 9.97 Å². The monoisotopic (exact) mass is 396 g/mol. The first-order chi connectivity index (χ1) is 10.6. The molecule has 0 aliphatic carbocycles. The number of thiazole rings is 2. The molecule has 4 aromatic rings. The Morgan fingerprint density at radius 3 is 2.05 bits per heavy atom. The zero-order valence-corrected chi connectivity index (χ0v) is 15.9. The lowest BCUT2D eigenvalue weighted by Gasteiger charge is -2.02. The third-order valence-electron chi connectivity index (χ3n) is 2.94. The molecule has 22 heavy (non-hydrogen) atoms.